The summed E-state index contributed by atoms with van der Waals surface area (Å²) >= 11 is 6.20. The molecule has 3 nitrogen and oxygen atoms in total. The highest BCUT2D eigenvalue weighted by molar-refractivity contribution is 7.22. The summed E-state index contributed by atoms with van der Waals surface area (Å²) in [5.41, 5.74) is -2.28. The van der Waals surface area contributed by atoms with Crippen molar-refractivity contribution in [3.05, 3.63) is 122 Å². The molecular weight excluding hydrogens is 693 g/mol. The Morgan fingerprint density at radius 1 is 0.532 bits per heavy atom. The lowest BCUT2D eigenvalue weighted by molar-refractivity contribution is -0.143. The fourth-order valence-electron chi connectivity index (χ4n) is 4.54. The second-order valence-corrected chi connectivity index (χ2v) is 14.0. The highest BCUT2D eigenvalue weighted by Gasteiger charge is 2.37. The van der Waals surface area contributed by atoms with Crippen LogP contribution in [0.3, 0.4) is 0 Å². The van der Waals surface area contributed by atoms with Gasteiger partial charge in [0.05, 0.1) is 37.7 Å². The Labute approximate surface area is 279 Å². The van der Waals surface area contributed by atoms with Gasteiger partial charge in [-0.2, -0.15) is 31.1 Å². The second kappa shape index (κ2) is 12.2. The molecule has 0 saturated heterocycles. The number of hydrogen-bond acceptors (Lipinski definition) is 6. The zero-order valence-corrected chi connectivity index (χ0v) is 26.7. The van der Waals surface area contributed by atoms with Gasteiger partial charge in [0.1, 0.15) is 11.0 Å². The molecule has 0 saturated carbocycles. The van der Waals surface area contributed by atoms with Crippen LogP contribution in [0, 0.1) is 23.7 Å². The first kappa shape index (κ1) is 31.0. The fraction of sp³-hybridized carbons (Fsp3) is 0.0588. The fourth-order valence-corrected chi connectivity index (χ4v) is 7.92. The van der Waals surface area contributed by atoms with Crippen LogP contribution in [0.2, 0.25) is 0 Å². The number of thiophene rings is 4. The number of nitrogens with zero attached hydrogens (tertiary/aromatic N) is 3. The van der Waals surface area contributed by atoms with E-state index >= 15 is 0 Å². The molecule has 7 aromatic rings. The first-order valence-electron chi connectivity index (χ1n) is 13.5. The van der Waals surface area contributed by atoms with E-state index in [1.165, 1.54) is 22.7 Å². The maximum Gasteiger partial charge on any atom is 0.416 e. The number of hydrogen-bond donors (Lipinski definition) is 0. The molecule has 13 heteroatoms. The lowest BCUT2D eigenvalue weighted by atomic mass is 10.1. The van der Waals surface area contributed by atoms with Crippen molar-refractivity contribution < 1.29 is 26.3 Å². The molecule has 0 atom stereocenters. The van der Waals surface area contributed by atoms with Crippen LogP contribution < -0.4 is 0 Å². The molecule has 0 bridgehead atoms. The molecule has 0 aliphatic carbocycles. The molecule has 0 fully saturated rings. The van der Waals surface area contributed by atoms with Crippen molar-refractivity contribution >= 4 is 56.4 Å². The van der Waals surface area contributed by atoms with Gasteiger partial charge >= 0.3 is 12.4 Å². The van der Waals surface area contributed by atoms with Crippen molar-refractivity contribution in [2.45, 2.75) is 12.4 Å². The molecule has 232 valence electrons. The molecular formula is C34H15F6N3S4. The van der Waals surface area contributed by atoms with Crippen molar-refractivity contribution in [1.82, 2.24) is 15.0 Å². The van der Waals surface area contributed by atoms with Gasteiger partial charge in [-0.1, -0.05) is 35.8 Å². The monoisotopic (exact) mass is 707 g/mol. The van der Waals surface area contributed by atoms with Crippen LogP contribution in [0.25, 0.3) is 36.2 Å². The number of alkyl halides is 6. The minimum absolute atomic E-state index is 0.0669. The number of rotatable bonds is 3. The van der Waals surface area contributed by atoms with Crippen molar-refractivity contribution in [1.29, 1.82) is 0 Å². The van der Waals surface area contributed by atoms with Crippen LogP contribution in [-0.4, -0.2) is 15.0 Å². The SMILES string of the molecule is FC(F)(F)c1cc(-n2nc3c(C#Cc4ccc(-c5cccs5)s4)ccc(C#Cc4ccc(-c5cccs5)s4)c3n2)cc(C(F)(F)F)c1. The third-order valence-electron chi connectivity index (χ3n) is 6.72. The Kier molecular flexibility index (Phi) is 8.02. The molecule has 0 radical (unpaired) electrons. The molecule has 7 rings (SSSR count). The highest BCUT2D eigenvalue weighted by atomic mass is 32.1. The molecule has 47 heavy (non-hydrogen) atoms. The molecule has 0 aliphatic rings. The van der Waals surface area contributed by atoms with Gasteiger partial charge < -0.3 is 0 Å². The van der Waals surface area contributed by atoms with Gasteiger partial charge in [0.15, 0.2) is 0 Å². The van der Waals surface area contributed by atoms with Gasteiger partial charge in [-0.05, 0) is 77.5 Å². The van der Waals surface area contributed by atoms with E-state index in [1.54, 1.807) is 34.8 Å². The average Bonchev–Trinajstić information content (AvgIpc) is 3.88. The number of benzene rings is 2. The van der Waals surface area contributed by atoms with Crippen LogP contribution in [-0.2, 0) is 12.4 Å². The Hall–Kier alpha value is -4.66. The number of fused-ring (bicyclic) bond motifs is 1. The average molecular weight is 708 g/mol. The van der Waals surface area contributed by atoms with Crippen LogP contribution in [0.1, 0.15) is 32.0 Å². The van der Waals surface area contributed by atoms with Gasteiger partial charge in [-0.3, -0.25) is 0 Å². The van der Waals surface area contributed by atoms with Gasteiger partial charge in [0, 0.05) is 19.5 Å². The zero-order chi connectivity index (χ0) is 32.8. The van der Waals surface area contributed by atoms with Gasteiger partial charge in [-0.15, -0.1) is 55.5 Å². The van der Waals surface area contributed by atoms with Crippen LogP contribution in [0.4, 0.5) is 26.3 Å². The summed E-state index contributed by atoms with van der Waals surface area (Å²) in [5, 5.41) is 12.7. The number of aromatic nitrogens is 3. The van der Waals surface area contributed by atoms with Crippen molar-refractivity contribution in [3.63, 3.8) is 0 Å². The summed E-state index contributed by atoms with van der Waals surface area (Å²) in [6.07, 6.45) is -10.1. The maximum atomic E-state index is 13.6. The van der Waals surface area contributed by atoms with Crippen molar-refractivity contribution in [2.24, 2.45) is 0 Å². The van der Waals surface area contributed by atoms with E-state index in [4.69, 9.17) is 0 Å². The smallest absolute Gasteiger partial charge is 0.166 e. The van der Waals surface area contributed by atoms with Crippen molar-refractivity contribution in [3.8, 4) is 48.9 Å². The molecule has 0 spiro atoms. The van der Waals surface area contributed by atoms with E-state index in [9.17, 15) is 26.3 Å². The molecule has 0 N–H and O–H groups in total. The summed E-state index contributed by atoms with van der Waals surface area (Å²) in [5.74, 6) is 12.3. The number of halogens is 6. The lowest BCUT2D eigenvalue weighted by Gasteiger charge is -2.13. The van der Waals surface area contributed by atoms with Crippen LogP contribution in [0.5, 0.6) is 0 Å². The molecule has 0 aliphatic heterocycles. The second-order valence-electron chi connectivity index (χ2n) is 9.89. The Morgan fingerprint density at radius 2 is 1.00 bits per heavy atom. The maximum absolute atomic E-state index is 13.6. The summed E-state index contributed by atoms with van der Waals surface area (Å²) in [4.78, 5) is 6.60. The van der Waals surface area contributed by atoms with E-state index in [0.717, 1.165) is 34.1 Å². The van der Waals surface area contributed by atoms with Crippen LogP contribution in [0.15, 0.2) is 89.6 Å². The molecule has 0 amide bonds. The Bertz CT molecular complexity index is 2190. The standard InChI is InChI=1S/C34H15F6N3S4/c35-33(36,37)22-17-23(34(38,39)40)19-24(18-22)43-41-31-20(7-9-25-11-13-29(46-25)27-3-1-15-44-27)5-6-21(32(31)42-43)8-10-26-12-14-30(47-26)28-4-2-16-45-28/h1-6,11-19H. The highest BCUT2D eigenvalue weighted by Crippen LogP contribution is 2.37. The Morgan fingerprint density at radius 3 is 1.40 bits per heavy atom. The third kappa shape index (κ3) is 6.62. The Balaban J connectivity index is 1.34. The van der Waals surface area contributed by atoms with Gasteiger partial charge in [0.2, 0.25) is 0 Å². The lowest BCUT2D eigenvalue weighted by Crippen LogP contribution is -2.13. The first-order valence-corrected chi connectivity index (χ1v) is 16.9. The van der Waals surface area contributed by atoms with E-state index in [-0.39, 0.29) is 17.1 Å². The van der Waals surface area contributed by atoms with Crippen molar-refractivity contribution in [2.75, 3.05) is 0 Å². The predicted molar refractivity (Wildman–Crippen MR) is 176 cm³/mol. The molecule has 5 aromatic heterocycles. The normalized spacial score (nSPS) is 11.7. The van der Waals surface area contributed by atoms with E-state index < -0.39 is 29.2 Å². The van der Waals surface area contributed by atoms with E-state index in [0.29, 0.717) is 23.3 Å². The van der Waals surface area contributed by atoms with E-state index in [2.05, 4.69) is 33.9 Å². The zero-order valence-electron chi connectivity index (χ0n) is 23.4. The van der Waals surface area contributed by atoms with Gasteiger partial charge in [0.25, 0.3) is 0 Å². The summed E-state index contributed by atoms with van der Waals surface area (Å²) in [6, 6.07) is 20.2. The largest absolute Gasteiger partial charge is 0.416 e. The summed E-state index contributed by atoms with van der Waals surface area (Å²) in [7, 11) is 0. The van der Waals surface area contributed by atoms with E-state index in [1.807, 2.05) is 59.3 Å². The third-order valence-corrected chi connectivity index (χ3v) is 10.9. The molecule has 2 aromatic carbocycles. The topological polar surface area (TPSA) is 30.7 Å². The summed E-state index contributed by atoms with van der Waals surface area (Å²) < 4.78 is 81.8. The minimum atomic E-state index is -5.03. The minimum Gasteiger partial charge on any atom is -0.166 e. The first-order chi connectivity index (χ1) is 22.5. The van der Waals surface area contributed by atoms with Gasteiger partial charge in [-0.25, -0.2) is 0 Å². The predicted octanol–water partition coefficient (Wildman–Crippen LogP) is 10.8. The molecule has 5 heterocycles. The molecule has 0 unspecified atom stereocenters. The quantitative estimate of drug-likeness (QED) is 0.135. The van der Waals surface area contributed by atoms with Crippen LogP contribution >= 0.6 is 45.3 Å². The summed E-state index contributed by atoms with van der Waals surface area (Å²) in [6.45, 7) is 0.